The summed E-state index contributed by atoms with van der Waals surface area (Å²) < 4.78 is 0. The van der Waals surface area contributed by atoms with Gasteiger partial charge < -0.3 is 11.1 Å². The van der Waals surface area contributed by atoms with Crippen molar-refractivity contribution in [1.29, 1.82) is 0 Å². The quantitative estimate of drug-likeness (QED) is 0.881. The van der Waals surface area contributed by atoms with Crippen molar-refractivity contribution in [2.75, 3.05) is 11.1 Å². The number of aryl methyl sites for hydroxylation is 3. The van der Waals surface area contributed by atoms with E-state index >= 15 is 0 Å². The Bertz CT molecular complexity index is 536. The molecule has 0 aliphatic carbocycles. The summed E-state index contributed by atoms with van der Waals surface area (Å²) in [5.74, 6) is 1.05. The summed E-state index contributed by atoms with van der Waals surface area (Å²) in [6.07, 6.45) is 1.96. The summed E-state index contributed by atoms with van der Waals surface area (Å²) in [4.78, 5) is 8.32. The van der Waals surface area contributed by atoms with Crippen LogP contribution in [0.4, 0.5) is 17.5 Å². The SMILES string of the molecule is CCc1cccc(CC)c1Nc1cc(C)nc(N)n1. The predicted molar refractivity (Wildman–Crippen MR) is 79.7 cm³/mol. The number of nitrogens with one attached hydrogen (secondary N) is 1. The lowest BCUT2D eigenvalue weighted by atomic mass is 10.0. The molecule has 4 nitrogen and oxygen atoms in total. The molecule has 1 aromatic carbocycles. The third-order valence-corrected chi connectivity index (χ3v) is 3.12. The van der Waals surface area contributed by atoms with Crippen molar-refractivity contribution in [2.45, 2.75) is 33.6 Å². The van der Waals surface area contributed by atoms with Gasteiger partial charge in [-0.25, -0.2) is 4.98 Å². The van der Waals surface area contributed by atoms with Crippen molar-refractivity contribution >= 4 is 17.5 Å². The Morgan fingerprint density at radius 3 is 2.26 bits per heavy atom. The summed E-state index contributed by atoms with van der Waals surface area (Å²) in [7, 11) is 0. The molecule has 2 rings (SSSR count). The molecule has 0 bridgehead atoms. The Labute approximate surface area is 114 Å². The van der Waals surface area contributed by atoms with Gasteiger partial charge in [0.05, 0.1) is 0 Å². The van der Waals surface area contributed by atoms with E-state index in [2.05, 4.69) is 47.3 Å². The summed E-state index contributed by atoms with van der Waals surface area (Å²) >= 11 is 0. The number of hydrogen-bond acceptors (Lipinski definition) is 4. The normalized spacial score (nSPS) is 10.5. The average molecular weight is 256 g/mol. The Morgan fingerprint density at radius 2 is 1.74 bits per heavy atom. The minimum absolute atomic E-state index is 0.300. The lowest BCUT2D eigenvalue weighted by molar-refractivity contribution is 1.08. The van der Waals surface area contributed by atoms with Gasteiger partial charge in [-0.1, -0.05) is 32.0 Å². The van der Waals surface area contributed by atoms with Crippen LogP contribution in [0.5, 0.6) is 0 Å². The number of anilines is 3. The fraction of sp³-hybridized carbons (Fsp3) is 0.333. The molecule has 2 aromatic rings. The number of rotatable bonds is 4. The van der Waals surface area contributed by atoms with Gasteiger partial charge >= 0.3 is 0 Å². The number of aromatic nitrogens is 2. The summed E-state index contributed by atoms with van der Waals surface area (Å²) in [5.41, 5.74) is 10.3. The van der Waals surface area contributed by atoms with Gasteiger partial charge in [0, 0.05) is 17.4 Å². The molecule has 0 spiro atoms. The average Bonchev–Trinajstić information content (AvgIpc) is 2.37. The van der Waals surface area contributed by atoms with E-state index in [9.17, 15) is 0 Å². The van der Waals surface area contributed by atoms with Crippen LogP contribution < -0.4 is 11.1 Å². The number of para-hydroxylation sites is 1. The Balaban J connectivity index is 2.41. The molecule has 0 saturated carbocycles. The zero-order chi connectivity index (χ0) is 13.8. The zero-order valence-electron chi connectivity index (χ0n) is 11.7. The maximum Gasteiger partial charge on any atom is 0.222 e. The van der Waals surface area contributed by atoms with E-state index in [1.807, 2.05) is 13.0 Å². The summed E-state index contributed by atoms with van der Waals surface area (Å²) in [5, 5.41) is 3.39. The van der Waals surface area contributed by atoms with Crippen molar-refractivity contribution in [1.82, 2.24) is 9.97 Å². The van der Waals surface area contributed by atoms with E-state index in [4.69, 9.17) is 5.73 Å². The number of nitrogens with zero attached hydrogens (tertiary/aromatic N) is 2. The van der Waals surface area contributed by atoms with Crippen LogP contribution in [0.2, 0.25) is 0 Å². The maximum absolute atomic E-state index is 5.69. The molecular weight excluding hydrogens is 236 g/mol. The second-order valence-electron chi connectivity index (χ2n) is 4.54. The largest absolute Gasteiger partial charge is 0.368 e. The van der Waals surface area contributed by atoms with E-state index in [-0.39, 0.29) is 0 Å². The number of hydrogen-bond donors (Lipinski definition) is 2. The van der Waals surface area contributed by atoms with Gasteiger partial charge in [0.2, 0.25) is 5.95 Å². The van der Waals surface area contributed by atoms with Crippen LogP contribution in [0.25, 0.3) is 0 Å². The molecule has 1 heterocycles. The first-order chi connectivity index (χ1) is 9.13. The number of nitrogens with two attached hydrogens (primary N) is 1. The zero-order valence-corrected chi connectivity index (χ0v) is 11.7. The second-order valence-corrected chi connectivity index (χ2v) is 4.54. The number of nitrogen functional groups attached to an aromatic ring is 1. The second kappa shape index (κ2) is 5.69. The molecule has 3 N–H and O–H groups in total. The van der Waals surface area contributed by atoms with Gasteiger partial charge in [-0.3, -0.25) is 0 Å². The summed E-state index contributed by atoms with van der Waals surface area (Å²) in [6, 6.07) is 8.28. The first kappa shape index (κ1) is 13.3. The van der Waals surface area contributed by atoms with Crippen molar-refractivity contribution in [3.63, 3.8) is 0 Å². The molecule has 0 atom stereocenters. The molecule has 0 aliphatic rings. The molecule has 100 valence electrons. The smallest absolute Gasteiger partial charge is 0.222 e. The first-order valence-electron chi connectivity index (χ1n) is 6.63. The molecule has 0 radical (unpaired) electrons. The lowest BCUT2D eigenvalue weighted by Crippen LogP contribution is -2.04. The van der Waals surface area contributed by atoms with Crippen LogP contribution >= 0.6 is 0 Å². The van der Waals surface area contributed by atoms with E-state index in [0.29, 0.717) is 5.95 Å². The Hall–Kier alpha value is -2.10. The highest BCUT2D eigenvalue weighted by Gasteiger charge is 2.08. The minimum atomic E-state index is 0.300. The molecule has 1 aromatic heterocycles. The Kier molecular flexibility index (Phi) is 4.00. The van der Waals surface area contributed by atoms with E-state index in [0.717, 1.165) is 30.0 Å². The van der Waals surface area contributed by atoms with Crippen LogP contribution in [-0.4, -0.2) is 9.97 Å². The van der Waals surface area contributed by atoms with Crippen LogP contribution in [0.1, 0.15) is 30.7 Å². The predicted octanol–water partition coefficient (Wildman–Crippen LogP) is 3.24. The third-order valence-electron chi connectivity index (χ3n) is 3.12. The number of benzene rings is 1. The van der Waals surface area contributed by atoms with Crippen molar-refractivity contribution in [3.8, 4) is 0 Å². The molecule has 0 unspecified atom stereocenters. The molecule has 4 heteroatoms. The van der Waals surface area contributed by atoms with Crippen molar-refractivity contribution < 1.29 is 0 Å². The van der Waals surface area contributed by atoms with E-state index < -0.39 is 0 Å². The van der Waals surface area contributed by atoms with E-state index in [1.54, 1.807) is 0 Å². The standard InChI is InChI=1S/C15H20N4/c1-4-11-7-6-8-12(5-2)14(11)18-13-9-10(3)17-15(16)19-13/h6-9H,4-5H2,1-3H3,(H3,16,17,18,19). The lowest BCUT2D eigenvalue weighted by Gasteiger charge is -2.15. The van der Waals surface area contributed by atoms with Crippen molar-refractivity contribution in [2.24, 2.45) is 0 Å². The van der Waals surface area contributed by atoms with Gasteiger partial charge in [0.15, 0.2) is 0 Å². The van der Waals surface area contributed by atoms with Gasteiger partial charge in [-0.15, -0.1) is 0 Å². The third kappa shape index (κ3) is 3.02. The fourth-order valence-corrected chi connectivity index (χ4v) is 2.19. The molecule has 0 fully saturated rings. The summed E-state index contributed by atoms with van der Waals surface area (Å²) in [6.45, 7) is 6.22. The Morgan fingerprint density at radius 1 is 1.11 bits per heavy atom. The van der Waals surface area contributed by atoms with Gasteiger partial charge in [0.25, 0.3) is 0 Å². The molecule has 0 aliphatic heterocycles. The molecular formula is C15H20N4. The molecule has 0 saturated heterocycles. The minimum Gasteiger partial charge on any atom is -0.368 e. The van der Waals surface area contributed by atoms with Gasteiger partial charge in [-0.2, -0.15) is 4.98 Å². The van der Waals surface area contributed by atoms with Gasteiger partial charge in [0.1, 0.15) is 5.82 Å². The van der Waals surface area contributed by atoms with Crippen LogP contribution in [-0.2, 0) is 12.8 Å². The monoisotopic (exact) mass is 256 g/mol. The molecule has 19 heavy (non-hydrogen) atoms. The highest BCUT2D eigenvalue weighted by Crippen LogP contribution is 2.26. The topological polar surface area (TPSA) is 63.8 Å². The maximum atomic E-state index is 5.69. The van der Waals surface area contributed by atoms with Crippen molar-refractivity contribution in [3.05, 3.63) is 41.1 Å². The van der Waals surface area contributed by atoms with Crippen LogP contribution in [0, 0.1) is 6.92 Å². The fourth-order valence-electron chi connectivity index (χ4n) is 2.19. The van der Waals surface area contributed by atoms with Gasteiger partial charge in [-0.05, 0) is 30.9 Å². The highest BCUT2D eigenvalue weighted by atomic mass is 15.1. The molecule has 0 amide bonds. The van der Waals surface area contributed by atoms with E-state index in [1.165, 1.54) is 11.1 Å². The first-order valence-corrected chi connectivity index (χ1v) is 6.63. The van der Waals surface area contributed by atoms with Crippen LogP contribution in [0.15, 0.2) is 24.3 Å². The van der Waals surface area contributed by atoms with Crippen LogP contribution in [0.3, 0.4) is 0 Å². The highest BCUT2D eigenvalue weighted by molar-refractivity contribution is 5.65.